The highest BCUT2D eigenvalue weighted by atomic mass is 16.5. The van der Waals surface area contributed by atoms with Crippen molar-refractivity contribution in [2.75, 3.05) is 19.8 Å². The summed E-state index contributed by atoms with van der Waals surface area (Å²) < 4.78 is 5.35. The molecule has 0 radical (unpaired) electrons. The maximum absolute atomic E-state index is 8.66. The first-order valence-electron chi connectivity index (χ1n) is 3.74. The van der Waals surface area contributed by atoms with Gasteiger partial charge in [-0.3, -0.25) is 4.90 Å². The largest absolute Gasteiger partial charge is 0.395 e. The maximum atomic E-state index is 8.66. The molecule has 0 amide bonds. The van der Waals surface area contributed by atoms with E-state index >= 15 is 0 Å². The third-order valence-electron chi connectivity index (χ3n) is 1.97. The van der Waals surface area contributed by atoms with Crippen LogP contribution in [0.5, 0.6) is 0 Å². The monoisotopic (exact) mass is 145 g/mol. The quantitative estimate of drug-likeness (QED) is 0.595. The minimum Gasteiger partial charge on any atom is -0.395 e. The summed E-state index contributed by atoms with van der Waals surface area (Å²) in [5.41, 5.74) is 0. The van der Waals surface area contributed by atoms with Crippen LogP contribution in [-0.4, -0.2) is 42.0 Å². The first-order chi connectivity index (χ1) is 4.75. The molecule has 0 aromatic heterocycles. The van der Waals surface area contributed by atoms with E-state index < -0.39 is 0 Å². The molecule has 1 rings (SSSR count). The Hall–Kier alpha value is -0.120. The molecule has 2 atom stereocenters. The Morgan fingerprint density at radius 2 is 2.30 bits per heavy atom. The Morgan fingerprint density at radius 1 is 1.60 bits per heavy atom. The molecule has 1 saturated heterocycles. The van der Waals surface area contributed by atoms with E-state index in [0.717, 1.165) is 13.2 Å². The first kappa shape index (κ1) is 7.98. The van der Waals surface area contributed by atoms with Crippen LogP contribution in [0.25, 0.3) is 0 Å². The lowest BCUT2D eigenvalue weighted by atomic mass is 10.3. The van der Waals surface area contributed by atoms with E-state index in [2.05, 4.69) is 11.8 Å². The molecular weight excluding hydrogens is 130 g/mol. The Morgan fingerprint density at radius 3 is 2.70 bits per heavy atom. The summed E-state index contributed by atoms with van der Waals surface area (Å²) in [4.78, 5) is 2.15. The van der Waals surface area contributed by atoms with Crippen molar-refractivity contribution < 1.29 is 9.84 Å². The van der Waals surface area contributed by atoms with E-state index in [4.69, 9.17) is 9.84 Å². The fourth-order valence-corrected chi connectivity index (χ4v) is 1.35. The number of aliphatic hydroxyl groups excluding tert-OH is 1. The summed E-state index contributed by atoms with van der Waals surface area (Å²) >= 11 is 0. The van der Waals surface area contributed by atoms with Gasteiger partial charge in [0.25, 0.3) is 0 Å². The second-order valence-corrected chi connectivity index (χ2v) is 2.74. The van der Waals surface area contributed by atoms with Gasteiger partial charge in [0.1, 0.15) is 6.23 Å². The second kappa shape index (κ2) is 3.32. The normalized spacial score (nSPS) is 35.1. The van der Waals surface area contributed by atoms with Gasteiger partial charge in [0.05, 0.1) is 13.2 Å². The topological polar surface area (TPSA) is 32.7 Å². The number of nitrogens with zero attached hydrogens (tertiary/aromatic N) is 1. The zero-order valence-corrected chi connectivity index (χ0v) is 6.58. The van der Waals surface area contributed by atoms with Crippen molar-refractivity contribution >= 4 is 0 Å². The molecule has 2 unspecified atom stereocenters. The molecule has 3 heteroatoms. The van der Waals surface area contributed by atoms with Crippen molar-refractivity contribution in [2.45, 2.75) is 26.1 Å². The van der Waals surface area contributed by atoms with Crippen molar-refractivity contribution in [3.63, 3.8) is 0 Å². The highest BCUT2D eigenvalue weighted by Gasteiger charge is 2.26. The number of hydrogen-bond acceptors (Lipinski definition) is 3. The fourth-order valence-electron chi connectivity index (χ4n) is 1.35. The molecule has 0 aliphatic carbocycles. The van der Waals surface area contributed by atoms with Gasteiger partial charge in [0.15, 0.2) is 0 Å². The smallest absolute Gasteiger partial charge is 0.108 e. The minimum absolute atomic E-state index is 0.183. The second-order valence-electron chi connectivity index (χ2n) is 2.74. The Labute approximate surface area is 61.6 Å². The van der Waals surface area contributed by atoms with Gasteiger partial charge in [0.2, 0.25) is 0 Å². The SMILES string of the molecule is CC1COC(C)N1CCO. The number of aliphatic hydroxyl groups is 1. The van der Waals surface area contributed by atoms with Gasteiger partial charge in [-0.05, 0) is 13.8 Å². The minimum atomic E-state index is 0.183. The summed E-state index contributed by atoms with van der Waals surface area (Å²) in [7, 11) is 0. The number of rotatable bonds is 2. The molecule has 60 valence electrons. The zero-order valence-electron chi connectivity index (χ0n) is 6.58. The first-order valence-corrected chi connectivity index (χ1v) is 3.74. The van der Waals surface area contributed by atoms with E-state index in [1.54, 1.807) is 0 Å². The summed E-state index contributed by atoms with van der Waals surface area (Å²) in [6.45, 7) is 5.86. The van der Waals surface area contributed by atoms with E-state index in [-0.39, 0.29) is 12.8 Å². The van der Waals surface area contributed by atoms with Crippen LogP contribution < -0.4 is 0 Å². The summed E-state index contributed by atoms with van der Waals surface area (Å²) in [6.07, 6.45) is 0.183. The predicted molar refractivity (Wildman–Crippen MR) is 38.7 cm³/mol. The van der Waals surface area contributed by atoms with Crippen LogP contribution in [0.15, 0.2) is 0 Å². The average molecular weight is 145 g/mol. The molecule has 1 N–H and O–H groups in total. The van der Waals surface area contributed by atoms with Crippen molar-refractivity contribution in [1.82, 2.24) is 4.90 Å². The van der Waals surface area contributed by atoms with E-state index in [1.807, 2.05) is 6.92 Å². The van der Waals surface area contributed by atoms with Gasteiger partial charge in [-0.1, -0.05) is 0 Å². The standard InChI is InChI=1S/C7H15NO2/c1-6-5-10-7(2)8(6)3-4-9/h6-7,9H,3-5H2,1-2H3. The maximum Gasteiger partial charge on any atom is 0.108 e. The molecular formula is C7H15NO2. The molecule has 0 aromatic rings. The molecule has 0 saturated carbocycles. The van der Waals surface area contributed by atoms with Crippen LogP contribution in [0, 0.1) is 0 Å². The Bertz CT molecular complexity index is 97.8. The van der Waals surface area contributed by atoms with Gasteiger partial charge >= 0.3 is 0 Å². The molecule has 0 bridgehead atoms. The van der Waals surface area contributed by atoms with E-state index in [9.17, 15) is 0 Å². The highest BCUT2D eigenvalue weighted by molar-refractivity contribution is 4.73. The molecule has 1 aliphatic heterocycles. The summed E-state index contributed by atoms with van der Waals surface area (Å²) in [5, 5.41) is 8.66. The fraction of sp³-hybridized carbons (Fsp3) is 1.00. The van der Waals surface area contributed by atoms with Crippen LogP contribution in [0.4, 0.5) is 0 Å². The average Bonchev–Trinajstić information content (AvgIpc) is 2.20. The molecule has 0 aromatic carbocycles. The molecule has 0 spiro atoms. The van der Waals surface area contributed by atoms with Gasteiger partial charge in [-0.25, -0.2) is 0 Å². The lowest BCUT2D eigenvalue weighted by molar-refractivity contribution is 0.0381. The number of hydrogen-bond donors (Lipinski definition) is 1. The molecule has 1 fully saturated rings. The predicted octanol–water partition coefficient (Wildman–Crippen LogP) is 0.0454. The lowest BCUT2D eigenvalue weighted by Gasteiger charge is -2.21. The van der Waals surface area contributed by atoms with Gasteiger partial charge < -0.3 is 9.84 Å². The van der Waals surface area contributed by atoms with Crippen LogP contribution >= 0.6 is 0 Å². The number of ether oxygens (including phenoxy) is 1. The number of β-amino-alcohol motifs (C(OH)–C–C–N with tert-alkyl or cyclic N) is 1. The van der Waals surface area contributed by atoms with Gasteiger partial charge in [-0.15, -0.1) is 0 Å². The third kappa shape index (κ3) is 1.48. The van der Waals surface area contributed by atoms with Crippen LogP contribution in [0.2, 0.25) is 0 Å². The molecule has 3 nitrogen and oxygen atoms in total. The van der Waals surface area contributed by atoms with Crippen molar-refractivity contribution in [1.29, 1.82) is 0 Å². The van der Waals surface area contributed by atoms with Crippen LogP contribution in [-0.2, 0) is 4.74 Å². The molecule has 10 heavy (non-hydrogen) atoms. The molecule has 1 heterocycles. The van der Waals surface area contributed by atoms with Crippen LogP contribution in [0.1, 0.15) is 13.8 Å². The summed E-state index contributed by atoms with van der Waals surface area (Å²) in [6, 6.07) is 0.460. The molecule has 1 aliphatic rings. The van der Waals surface area contributed by atoms with Crippen LogP contribution in [0.3, 0.4) is 0 Å². The zero-order chi connectivity index (χ0) is 7.56. The Balaban J connectivity index is 2.38. The van der Waals surface area contributed by atoms with E-state index in [1.165, 1.54) is 0 Å². The highest BCUT2D eigenvalue weighted by Crippen LogP contribution is 2.14. The third-order valence-corrected chi connectivity index (χ3v) is 1.97. The van der Waals surface area contributed by atoms with Crippen molar-refractivity contribution in [2.24, 2.45) is 0 Å². The van der Waals surface area contributed by atoms with Gasteiger partial charge in [0, 0.05) is 12.6 Å². The Kier molecular flexibility index (Phi) is 2.65. The van der Waals surface area contributed by atoms with E-state index in [0.29, 0.717) is 6.04 Å². The van der Waals surface area contributed by atoms with Crippen molar-refractivity contribution in [3.8, 4) is 0 Å². The summed E-state index contributed by atoms with van der Waals surface area (Å²) in [5.74, 6) is 0. The van der Waals surface area contributed by atoms with Gasteiger partial charge in [-0.2, -0.15) is 0 Å². The van der Waals surface area contributed by atoms with Crippen molar-refractivity contribution in [3.05, 3.63) is 0 Å². The lowest BCUT2D eigenvalue weighted by Crippen LogP contribution is -2.35.